The van der Waals surface area contributed by atoms with E-state index in [-0.39, 0.29) is 6.10 Å². The molecule has 1 saturated heterocycles. The quantitative estimate of drug-likeness (QED) is 0.672. The van der Waals surface area contributed by atoms with Crippen LogP contribution in [0.2, 0.25) is 0 Å². The van der Waals surface area contributed by atoms with Crippen molar-refractivity contribution in [2.75, 3.05) is 5.75 Å². The molecule has 1 aliphatic heterocycles. The molecule has 0 saturated carbocycles. The summed E-state index contributed by atoms with van der Waals surface area (Å²) in [7, 11) is 0. The molecule has 0 N–H and O–H groups in total. The molecule has 2 rings (SSSR count). The molecule has 144 valence electrons. The topological polar surface area (TPSA) is 71.1 Å². The molecule has 0 aromatic heterocycles. The van der Waals surface area contributed by atoms with Crippen molar-refractivity contribution in [2.45, 2.75) is 64.2 Å². The van der Waals surface area contributed by atoms with E-state index in [2.05, 4.69) is 0 Å². The van der Waals surface area contributed by atoms with Crippen LogP contribution in [0, 0.1) is 0 Å². The molecule has 1 aliphatic rings. The Kier molecular flexibility index (Phi) is 7.93. The summed E-state index contributed by atoms with van der Waals surface area (Å²) in [4.78, 5) is 23.3. The van der Waals surface area contributed by atoms with Crippen LogP contribution in [0.1, 0.15) is 33.3 Å². The third-order valence-corrected chi connectivity index (χ3v) is 4.99. The molecule has 6 nitrogen and oxygen atoms in total. The highest BCUT2D eigenvalue weighted by atomic mass is 32.2. The van der Waals surface area contributed by atoms with Gasteiger partial charge in [0.15, 0.2) is 12.2 Å². The van der Waals surface area contributed by atoms with Gasteiger partial charge in [-0.25, -0.2) is 0 Å². The van der Waals surface area contributed by atoms with E-state index < -0.39 is 35.7 Å². The van der Waals surface area contributed by atoms with Crippen molar-refractivity contribution in [2.24, 2.45) is 0 Å². The highest BCUT2D eigenvalue weighted by Crippen LogP contribution is 2.34. The first-order valence-electron chi connectivity index (χ1n) is 8.69. The molecule has 1 heterocycles. The second kappa shape index (κ2) is 9.94. The molecular formula is C19H26O6S. The van der Waals surface area contributed by atoms with Gasteiger partial charge >= 0.3 is 11.9 Å². The maximum atomic E-state index is 11.7. The fraction of sp³-hybridized carbons (Fsp3) is 0.579. The van der Waals surface area contributed by atoms with E-state index in [1.807, 2.05) is 44.2 Å². The third kappa shape index (κ3) is 5.72. The SMILES string of the molecule is CCS[C@@H]1OC(C)[C@H](OCc2ccccc2)C(OC(C)=O)C1OC(C)=O. The zero-order valence-electron chi connectivity index (χ0n) is 15.5. The van der Waals surface area contributed by atoms with Gasteiger partial charge in [-0.1, -0.05) is 37.3 Å². The van der Waals surface area contributed by atoms with Gasteiger partial charge in [-0.2, -0.15) is 0 Å². The number of hydrogen-bond donors (Lipinski definition) is 0. The van der Waals surface area contributed by atoms with Gasteiger partial charge in [-0.15, -0.1) is 11.8 Å². The normalized spacial score (nSPS) is 28.4. The van der Waals surface area contributed by atoms with Crippen molar-refractivity contribution in [3.05, 3.63) is 35.9 Å². The van der Waals surface area contributed by atoms with E-state index in [9.17, 15) is 9.59 Å². The minimum Gasteiger partial charge on any atom is -0.456 e. The van der Waals surface area contributed by atoms with Crippen molar-refractivity contribution in [1.29, 1.82) is 0 Å². The van der Waals surface area contributed by atoms with Crippen LogP contribution in [0.3, 0.4) is 0 Å². The molecule has 26 heavy (non-hydrogen) atoms. The molecule has 1 aromatic carbocycles. The second-order valence-corrected chi connectivity index (χ2v) is 7.45. The number of thioether (sulfide) groups is 1. The molecule has 7 heteroatoms. The molecule has 0 spiro atoms. The highest BCUT2D eigenvalue weighted by Gasteiger charge is 2.49. The minimum atomic E-state index is -0.729. The Balaban J connectivity index is 2.21. The Hall–Kier alpha value is -1.57. The number of carbonyl (C=O) groups excluding carboxylic acids is 2. The number of carbonyl (C=O) groups is 2. The van der Waals surface area contributed by atoms with Crippen LogP contribution in [0.15, 0.2) is 30.3 Å². The fourth-order valence-corrected chi connectivity index (χ4v) is 3.89. The molecule has 0 radical (unpaired) electrons. The number of esters is 2. The smallest absolute Gasteiger partial charge is 0.303 e. The Morgan fingerprint density at radius 1 is 1.04 bits per heavy atom. The maximum Gasteiger partial charge on any atom is 0.303 e. The zero-order valence-corrected chi connectivity index (χ0v) is 16.4. The van der Waals surface area contributed by atoms with E-state index in [1.54, 1.807) is 0 Å². The molecule has 0 bridgehead atoms. The summed E-state index contributed by atoms with van der Waals surface area (Å²) >= 11 is 1.51. The molecule has 3 unspecified atom stereocenters. The lowest BCUT2D eigenvalue weighted by atomic mass is 10.00. The summed E-state index contributed by atoms with van der Waals surface area (Å²) in [6, 6.07) is 9.70. The number of ether oxygens (including phenoxy) is 4. The van der Waals surface area contributed by atoms with Crippen molar-refractivity contribution >= 4 is 23.7 Å². The van der Waals surface area contributed by atoms with Crippen LogP contribution in [-0.4, -0.2) is 47.5 Å². The molecule has 1 fully saturated rings. The van der Waals surface area contributed by atoms with Crippen molar-refractivity contribution < 1.29 is 28.5 Å². The van der Waals surface area contributed by atoms with Crippen LogP contribution in [0.5, 0.6) is 0 Å². The average Bonchev–Trinajstić information content (AvgIpc) is 2.58. The van der Waals surface area contributed by atoms with E-state index in [0.717, 1.165) is 11.3 Å². The summed E-state index contributed by atoms with van der Waals surface area (Å²) in [5, 5.41) is 0. The van der Waals surface area contributed by atoms with Gasteiger partial charge in [0.1, 0.15) is 11.5 Å². The van der Waals surface area contributed by atoms with Crippen LogP contribution in [0.4, 0.5) is 0 Å². The Morgan fingerprint density at radius 2 is 1.65 bits per heavy atom. The Morgan fingerprint density at radius 3 is 2.23 bits per heavy atom. The van der Waals surface area contributed by atoms with Gasteiger partial charge in [-0.05, 0) is 18.2 Å². The van der Waals surface area contributed by atoms with Crippen molar-refractivity contribution in [3.8, 4) is 0 Å². The number of hydrogen-bond acceptors (Lipinski definition) is 7. The van der Waals surface area contributed by atoms with Crippen LogP contribution in [-0.2, 0) is 35.1 Å². The molecule has 0 amide bonds. The molecule has 0 aliphatic carbocycles. The first-order chi connectivity index (χ1) is 12.4. The summed E-state index contributed by atoms with van der Waals surface area (Å²) in [5.41, 5.74) is 0.579. The molecule has 1 aromatic rings. The van der Waals surface area contributed by atoms with Crippen LogP contribution >= 0.6 is 11.8 Å². The number of benzene rings is 1. The van der Waals surface area contributed by atoms with Gasteiger partial charge in [-0.3, -0.25) is 9.59 Å². The standard InChI is InChI=1S/C19H26O6S/c1-5-26-19-18(25-14(4)21)17(24-13(3)20)16(12(2)23-19)22-11-15-9-7-6-8-10-15/h6-10,12,16-19H,5,11H2,1-4H3/t12?,16-,17?,18?,19-/m0/s1. The van der Waals surface area contributed by atoms with Crippen LogP contribution in [0.25, 0.3) is 0 Å². The van der Waals surface area contributed by atoms with E-state index >= 15 is 0 Å². The monoisotopic (exact) mass is 382 g/mol. The van der Waals surface area contributed by atoms with Gasteiger partial charge in [0.2, 0.25) is 0 Å². The van der Waals surface area contributed by atoms with Gasteiger partial charge in [0, 0.05) is 13.8 Å². The zero-order chi connectivity index (χ0) is 19.1. The third-order valence-electron chi connectivity index (χ3n) is 3.95. The number of rotatable bonds is 7. The van der Waals surface area contributed by atoms with Crippen LogP contribution < -0.4 is 0 Å². The first kappa shape index (κ1) is 20.7. The van der Waals surface area contributed by atoms with Gasteiger partial charge < -0.3 is 18.9 Å². The summed E-state index contributed by atoms with van der Waals surface area (Å²) < 4.78 is 23.0. The van der Waals surface area contributed by atoms with E-state index in [4.69, 9.17) is 18.9 Å². The largest absolute Gasteiger partial charge is 0.456 e. The predicted octanol–water partition coefficient (Wildman–Crippen LogP) is 2.93. The second-order valence-electron chi connectivity index (χ2n) is 6.07. The van der Waals surface area contributed by atoms with Crippen molar-refractivity contribution in [3.63, 3.8) is 0 Å². The average molecular weight is 382 g/mol. The lowest BCUT2D eigenvalue weighted by molar-refractivity contribution is -0.232. The minimum absolute atomic E-state index is 0.320. The lowest BCUT2D eigenvalue weighted by Gasteiger charge is -2.44. The highest BCUT2D eigenvalue weighted by molar-refractivity contribution is 7.99. The van der Waals surface area contributed by atoms with E-state index in [1.165, 1.54) is 25.6 Å². The fourth-order valence-electron chi connectivity index (χ4n) is 2.91. The lowest BCUT2D eigenvalue weighted by Crippen LogP contribution is -2.59. The summed E-state index contributed by atoms with van der Waals surface area (Å²) in [6.07, 6.45) is -2.32. The summed E-state index contributed by atoms with van der Waals surface area (Å²) in [5.74, 6) is -0.124. The predicted molar refractivity (Wildman–Crippen MR) is 98.6 cm³/mol. The molecular weight excluding hydrogens is 356 g/mol. The van der Waals surface area contributed by atoms with E-state index in [0.29, 0.717) is 6.61 Å². The summed E-state index contributed by atoms with van der Waals surface area (Å²) in [6.45, 7) is 6.87. The Labute approximate surface area is 158 Å². The van der Waals surface area contributed by atoms with Crippen molar-refractivity contribution in [1.82, 2.24) is 0 Å². The van der Waals surface area contributed by atoms with Gasteiger partial charge in [0.25, 0.3) is 0 Å². The first-order valence-corrected chi connectivity index (χ1v) is 9.74. The van der Waals surface area contributed by atoms with Gasteiger partial charge in [0.05, 0.1) is 12.7 Å². The maximum absolute atomic E-state index is 11.7. The Bertz CT molecular complexity index is 593. The molecule has 5 atom stereocenters.